The number of ether oxygens (including phenoxy) is 1. The number of aliphatic carboxylic acids is 1. The number of carboxylic acid groups (broad SMARTS) is 1. The first-order chi connectivity index (χ1) is 16.2. The molecule has 178 valence electrons. The zero-order valence-electron chi connectivity index (χ0n) is 18.5. The van der Waals surface area contributed by atoms with Crippen LogP contribution in [0.4, 0.5) is 10.5 Å². The highest BCUT2D eigenvalue weighted by Crippen LogP contribution is 2.24. The Hall–Kier alpha value is -3.98. The molecule has 0 spiro atoms. The van der Waals surface area contributed by atoms with Crippen LogP contribution >= 0.6 is 11.6 Å². The number of anilines is 1. The molecule has 3 aromatic rings. The number of methoxy groups -OCH3 is 1. The van der Waals surface area contributed by atoms with E-state index in [1.54, 1.807) is 42.5 Å². The Kier molecular flexibility index (Phi) is 7.80. The van der Waals surface area contributed by atoms with Crippen LogP contribution in [0.25, 0.3) is 0 Å². The number of amides is 2. The number of carbonyl (C=O) groups excluding carboxylic acids is 1. The van der Waals surface area contributed by atoms with E-state index in [-0.39, 0.29) is 18.7 Å². The average molecular weight is 486 g/mol. The quantitative estimate of drug-likeness (QED) is 0.382. The van der Waals surface area contributed by atoms with Crippen LogP contribution in [0.1, 0.15) is 29.2 Å². The molecule has 0 saturated heterocycles. The van der Waals surface area contributed by atoms with Gasteiger partial charge in [0.15, 0.2) is 5.69 Å². The number of nitrogens with one attached hydrogen (secondary N) is 2. The number of halogens is 1. The van der Waals surface area contributed by atoms with Gasteiger partial charge in [-0.15, -0.1) is 0 Å². The minimum Gasteiger partial charge on any atom is -0.505 e. The van der Waals surface area contributed by atoms with Gasteiger partial charge in [-0.1, -0.05) is 41.4 Å². The average Bonchev–Trinajstić information content (AvgIpc) is 2.79. The topological polar surface area (TPSA) is 130 Å². The number of rotatable bonds is 8. The number of aromatic nitrogens is 1. The molecule has 0 saturated carbocycles. The van der Waals surface area contributed by atoms with Crippen molar-refractivity contribution in [2.45, 2.75) is 25.9 Å². The normalized spacial score (nSPS) is 11.5. The molecular weight excluding hydrogens is 462 g/mol. The first-order valence-corrected chi connectivity index (χ1v) is 10.7. The van der Waals surface area contributed by atoms with Crippen LogP contribution in [-0.4, -0.2) is 33.9 Å². The number of carbonyl (C=O) groups is 2. The first kappa shape index (κ1) is 24.7. The van der Waals surface area contributed by atoms with Crippen molar-refractivity contribution in [2.75, 3.05) is 12.4 Å². The maximum absolute atomic E-state index is 13.0. The molecule has 0 aliphatic heterocycles. The Morgan fingerprint density at radius 3 is 2.50 bits per heavy atom. The summed E-state index contributed by atoms with van der Waals surface area (Å²) in [6.07, 6.45) is 1.01. The van der Waals surface area contributed by atoms with Crippen molar-refractivity contribution >= 4 is 29.3 Å². The molecule has 1 heterocycles. The highest BCUT2D eigenvalue weighted by molar-refractivity contribution is 6.31. The second kappa shape index (κ2) is 10.8. The van der Waals surface area contributed by atoms with Crippen LogP contribution in [0.5, 0.6) is 11.5 Å². The van der Waals surface area contributed by atoms with Gasteiger partial charge in [0.05, 0.1) is 26.1 Å². The summed E-state index contributed by atoms with van der Waals surface area (Å²) >= 11 is 6.23. The monoisotopic (exact) mass is 485 g/mol. The zero-order chi connectivity index (χ0) is 24.8. The van der Waals surface area contributed by atoms with Gasteiger partial charge in [0, 0.05) is 11.2 Å². The van der Waals surface area contributed by atoms with Crippen LogP contribution < -0.4 is 20.9 Å². The van der Waals surface area contributed by atoms with Crippen LogP contribution in [0, 0.1) is 6.92 Å². The number of nitrogens with zero attached hydrogens (tertiary/aromatic N) is 1. The maximum atomic E-state index is 13.0. The van der Waals surface area contributed by atoms with Gasteiger partial charge in [0.25, 0.3) is 5.56 Å². The van der Waals surface area contributed by atoms with E-state index in [9.17, 15) is 24.6 Å². The van der Waals surface area contributed by atoms with Crippen molar-refractivity contribution in [2.24, 2.45) is 0 Å². The van der Waals surface area contributed by atoms with Crippen molar-refractivity contribution in [1.82, 2.24) is 9.88 Å². The lowest BCUT2D eigenvalue weighted by Crippen LogP contribution is -2.36. The molecule has 1 atom stereocenters. The van der Waals surface area contributed by atoms with E-state index in [4.69, 9.17) is 16.3 Å². The molecule has 2 aromatic carbocycles. The van der Waals surface area contributed by atoms with Crippen molar-refractivity contribution in [1.29, 1.82) is 0 Å². The molecular formula is C24H24ClN3O6. The summed E-state index contributed by atoms with van der Waals surface area (Å²) < 4.78 is 6.46. The minimum absolute atomic E-state index is 0.0659. The van der Waals surface area contributed by atoms with Crippen molar-refractivity contribution in [3.8, 4) is 11.5 Å². The van der Waals surface area contributed by atoms with Crippen LogP contribution in [0.15, 0.2) is 59.5 Å². The molecule has 3 rings (SSSR count). The van der Waals surface area contributed by atoms with E-state index in [2.05, 4.69) is 10.6 Å². The number of benzene rings is 2. The third-order valence-corrected chi connectivity index (χ3v) is 5.51. The zero-order valence-corrected chi connectivity index (χ0v) is 19.3. The van der Waals surface area contributed by atoms with Gasteiger partial charge >= 0.3 is 12.0 Å². The summed E-state index contributed by atoms with van der Waals surface area (Å²) in [4.78, 5) is 36.9. The number of hydrogen-bond donors (Lipinski definition) is 4. The van der Waals surface area contributed by atoms with Crippen molar-refractivity contribution in [3.05, 3.63) is 86.8 Å². The Morgan fingerprint density at radius 2 is 1.85 bits per heavy atom. The van der Waals surface area contributed by atoms with Gasteiger partial charge in [-0.2, -0.15) is 0 Å². The lowest BCUT2D eigenvalue weighted by molar-refractivity contribution is -0.137. The van der Waals surface area contributed by atoms with Gasteiger partial charge in [-0.05, 0) is 42.3 Å². The molecule has 0 aliphatic carbocycles. The summed E-state index contributed by atoms with van der Waals surface area (Å²) in [5.41, 5.74) is 1.15. The lowest BCUT2D eigenvalue weighted by Gasteiger charge is -2.19. The summed E-state index contributed by atoms with van der Waals surface area (Å²) in [5.74, 6) is -0.978. The molecule has 1 aromatic heterocycles. The van der Waals surface area contributed by atoms with E-state index in [1.165, 1.54) is 23.9 Å². The molecule has 9 nitrogen and oxygen atoms in total. The number of pyridine rings is 1. The Labute approximate surface area is 200 Å². The molecule has 0 bridgehead atoms. The predicted octanol–water partition coefficient (Wildman–Crippen LogP) is 3.91. The second-order valence-corrected chi connectivity index (χ2v) is 8.03. The standard InChI is InChI=1S/C24H24ClN3O6/c1-14-3-5-15(6-4-14)19(12-21(30)31)26-24(33)27-22-20(29)9-10-28(23(22)32)13-16-11-17(34-2)7-8-18(16)25/h3-11,19,29H,12-13H2,1-2H3,(H,30,31)(H2,26,27,33)/t19-/m0/s1. The van der Waals surface area contributed by atoms with E-state index < -0.39 is 29.4 Å². The second-order valence-electron chi connectivity index (χ2n) is 7.63. The molecule has 0 aliphatic rings. The summed E-state index contributed by atoms with van der Waals surface area (Å²) in [7, 11) is 1.51. The minimum atomic E-state index is -1.11. The fraction of sp³-hybridized carbons (Fsp3) is 0.208. The number of hydrogen-bond acceptors (Lipinski definition) is 5. The molecule has 34 heavy (non-hydrogen) atoms. The highest BCUT2D eigenvalue weighted by Gasteiger charge is 2.20. The Morgan fingerprint density at radius 1 is 1.15 bits per heavy atom. The smallest absolute Gasteiger partial charge is 0.319 e. The van der Waals surface area contributed by atoms with Gasteiger partial charge in [-0.25, -0.2) is 4.79 Å². The SMILES string of the molecule is COc1ccc(Cl)c(Cn2ccc(O)c(NC(=O)N[C@@H](CC(=O)O)c3ccc(C)cc3)c2=O)c1. The Bertz CT molecular complexity index is 1260. The van der Waals surface area contributed by atoms with Gasteiger partial charge in [0.2, 0.25) is 0 Å². The summed E-state index contributed by atoms with van der Waals surface area (Å²) in [5, 5.41) is 24.8. The molecule has 0 fully saturated rings. The number of urea groups is 1. The van der Waals surface area contributed by atoms with E-state index in [0.29, 0.717) is 21.9 Å². The fourth-order valence-electron chi connectivity index (χ4n) is 3.32. The molecule has 0 unspecified atom stereocenters. The van der Waals surface area contributed by atoms with Crippen molar-refractivity contribution < 1.29 is 24.5 Å². The Balaban J connectivity index is 1.83. The van der Waals surface area contributed by atoms with Crippen LogP contribution in [0.3, 0.4) is 0 Å². The van der Waals surface area contributed by atoms with E-state index in [1.807, 2.05) is 6.92 Å². The third kappa shape index (κ3) is 6.08. The summed E-state index contributed by atoms with van der Waals surface area (Å²) in [6.45, 7) is 1.95. The molecule has 2 amide bonds. The lowest BCUT2D eigenvalue weighted by atomic mass is 10.0. The molecule has 4 N–H and O–H groups in total. The van der Waals surface area contributed by atoms with Gasteiger partial charge in [0.1, 0.15) is 11.5 Å². The maximum Gasteiger partial charge on any atom is 0.319 e. The number of aromatic hydroxyl groups is 1. The van der Waals surface area contributed by atoms with Crippen molar-refractivity contribution in [3.63, 3.8) is 0 Å². The number of carboxylic acids is 1. The van der Waals surface area contributed by atoms with E-state index in [0.717, 1.165) is 5.56 Å². The van der Waals surface area contributed by atoms with Crippen LogP contribution in [0.2, 0.25) is 5.02 Å². The van der Waals surface area contributed by atoms with Gasteiger partial charge < -0.3 is 30.2 Å². The van der Waals surface area contributed by atoms with E-state index >= 15 is 0 Å². The summed E-state index contributed by atoms with van der Waals surface area (Å²) in [6, 6.07) is 11.6. The van der Waals surface area contributed by atoms with Gasteiger partial charge in [-0.3, -0.25) is 9.59 Å². The molecule has 10 heteroatoms. The molecule has 0 radical (unpaired) electrons. The van der Waals surface area contributed by atoms with Crippen LogP contribution in [-0.2, 0) is 11.3 Å². The third-order valence-electron chi connectivity index (χ3n) is 5.14. The predicted molar refractivity (Wildman–Crippen MR) is 128 cm³/mol. The largest absolute Gasteiger partial charge is 0.505 e. The fourth-order valence-corrected chi connectivity index (χ4v) is 3.50. The highest BCUT2D eigenvalue weighted by atomic mass is 35.5. The first-order valence-electron chi connectivity index (χ1n) is 10.3. The number of aryl methyl sites for hydroxylation is 1.